The lowest BCUT2D eigenvalue weighted by Crippen LogP contribution is -2.30. The molecule has 17 heavy (non-hydrogen) atoms. The SMILES string of the molecule is CN(c1cccc(Cl)c1C(=O)O)C1CCCC1. The minimum Gasteiger partial charge on any atom is -0.478 e. The summed E-state index contributed by atoms with van der Waals surface area (Å²) in [5.74, 6) is -0.963. The van der Waals surface area contributed by atoms with Crippen LogP contribution in [0.3, 0.4) is 0 Å². The molecular formula is C13H16ClNO2. The molecule has 0 radical (unpaired) electrons. The first kappa shape index (κ1) is 12.2. The second-order valence-electron chi connectivity index (χ2n) is 4.49. The quantitative estimate of drug-likeness (QED) is 0.897. The Balaban J connectivity index is 2.36. The Bertz CT molecular complexity index is 427. The van der Waals surface area contributed by atoms with Crippen LogP contribution in [-0.2, 0) is 0 Å². The molecule has 1 aromatic rings. The Hall–Kier alpha value is -1.22. The molecule has 2 rings (SSSR count). The third-order valence-corrected chi connectivity index (χ3v) is 3.77. The Labute approximate surface area is 106 Å². The Morgan fingerprint density at radius 3 is 2.65 bits per heavy atom. The van der Waals surface area contributed by atoms with Crippen molar-refractivity contribution in [2.24, 2.45) is 0 Å². The molecule has 4 heteroatoms. The molecule has 1 aliphatic rings. The van der Waals surface area contributed by atoms with Crippen LogP contribution in [0.1, 0.15) is 36.0 Å². The molecule has 0 atom stereocenters. The van der Waals surface area contributed by atoms with Crippen LogP contribution >= 0.6 is 11.6 Å². The maximum Gasteiger partial charge on any atom is 0.339 e. The van der Waals surface area contributed by atoms with Crippen molar-refractivity contribution in [1.82, 2.24) is 0 Å². The highest BCUT2D eigenvalue weighted by molar-refractivity contribution is 6.34. The molecule has 3 nitrogen and oxygen atoms in total. The highest BCUT2D eigenvalue weighted by Gasteiger charge is 2.24. The van der Waals surface area contributed by atoms with Gasteiger partial charge in [0.05, 0.1) is 10.7 Å². The van der Waals surface area contributed by atoms with Gasteiger partial charge in [-0.15, -0.1) is 0 Å². The number of benzene rings is 1. The van der Waals surface area contributed by atoms with E-state index in [-0.39, 0.29) is 5.56 Å². The smallest absolute Gasteiger partial charge is 0.339 e. The molecule has 1 saturated carbocycles. The lowest BCUT2D eigenvalue weighted by atomic mass is 10.1. The number of carbonyl (C=O) groups is 1. The zero-order valence-corrected chi connectivity index (χ0v) is 10.6. The summed E-state index contributed by atoms with van der Waals surface area (Å²) in [6.07, 6.45) is 4.69. The Kier molecular flexibility index (Phi) is 3.57. The number of hydrogen-bond acceptors (Lipinski definition) is 2. The molecule has 1 aromatic carbocycles. The largest absolute Gasteiger partial charge is 0.478 e. The van der Waals surface area contributed by atoms with E-state index in [0.717, 1.165) is 18.5 Å². The Morgan fingerprint density at radius 2 is 2.06 bits per heavy atom. The first-order valence-electron chi connectivity index (χ1n) is 5.86. The maximum absolute atomic E-state index is 11.3. The molecular weight excluding hydrogens is 238 g/mol. The summed E-state index contributed by atoms with van der Waals surface area (Å²) in [7, 11) is 1.95. The van der Waals surface area contributed by atoms with Crippen molar-refractivity contribution >= 4 is 23.3 Å². The Morgan fingerprint density at radius 1 is 1.41 bits per heavy atom. The summed E-state index contributed by atoms with van der Waals surface area (Å²) in [5.41, 5.74) is 0.931. The predicted molar refractivity (Wildman–Crippen MR) is 69.1 cm³/mol. The van der Waals surface area contributed by atoms with Crippen LogP contribution < -0.4 is 4.90 Å². The third kappa shape index (κ3) is 2.39. The highest BCUT2D eigenvalue weighted by Crippen LogP contribution is 2.32. The molecule has 1 N–H and O–H groups in total. The van der Waals surface area contributed by atoms with Crippen LogP contribution in [0.5, 0.6) is 0 Å². The van der Waals surface area contributed by atoms with E-state index in [1.54, 1.807) is 12.1 Å². The van der Waals surface area contributed by atoms with Crippen molar-refractivity contribution in [3.63, 3.8) is 0 Å². The molecule has 0 spiro atoms. The van der Waals surface area contributed by atoms with Gasteiger partial charge in [-0.2, -0.15) is 0 Å². The van der Waals surface area contributed by atoms with Crippen LogP contribution in [0.25, 0.3) is 0 Å². The van der Waals surface area contributed by atoms with Crippen LogP contribution in [-0.4, -0.2) is 24.2 Å². The van der Waals surface area contributed by atoms with Gasteiger partial charge in [0, 0.05) is 13.1 Å². The molecule has 0 heterocycles. The van der Waals surface area contributed by atoms with Gasteiger partial charge in [-0.1, -0.05) is 30.5 Å². The highest BCUT2D eigenvalue weighted by atomic mass is 35.5. The lowest BCUT2D eigenvalue weighted by Gasteiger charge is -2.28. The average Bonchev–Trinajstić information content (AvgIpc) is 2.80. The predicted octanol–water partition coefficient (Wildman–Crippen LogP) is 3.42. The topological polar surface area (TPSA) is 40.5 Å². The van der Waals surface area contributed by atoms with Gasteiger partial charge in [0.15, 0.2) is 0 Å². The van der Waals surface area contributed by atoms with Gasteiger partial charge in [-0.05, 0) is 25.0 Å². The lowest BCUT2D eigenvalue weighted by molar-refractivity contribution is 0.0697. The minimum atomic E-state index is -0.963. The van der Waals surface area contributed by atoms with Crippen molar-refractivity contribution in [3.8, 4) is 0 Å². The minimum absolute atomic E-state index is 0.212. The van der Waals surface area contributed by atoms with E-state index in [4.69, 9.17) is 11.6 Å². The fraction of sp³-hybridized carbons (Fsp3) is 0.462. The molecule has 0 aromatic heterocycles. The van der Waals surface area contributed by atoms with Crippen molar-refractivity contribution in [1.29, 1.82) is 0 Å². The molecule has 0 saturated heterocycles. The third-order valence-electron chi connectivity index (χ3n) is 3.46. The van der Waals surface area contributed by atoms with E-state index in [2.05, 4.69) is 4.90 Å². The van der Waals surface area contributed by atoms with Gasteiger partial charge in [-0.25, -0.2) is 4.79 Å². The zero-order chi connectivity index (χ0) is 12.4. The fourth-order valence-electron chi connectivity index (χ4n) is 2.51. The average molecular weight is 254 g/mol. The summed E-state index contributed by atoms with van der Waals surface area (Å²) in [4.78, 5) is 13.3. The number of rotatable bonds is 3. The monoisotopic (exact) mass is 253 g/mol. The molecule has 1 fully saturated rings. The molecule has 0 aliphatic heterocycles. The van der Waals surface area contributed by atoms with E-state index >= 15 is 0 Å². The summed E-state index contributed by atoms with van der Waals surface area (Å²) < 4.78 is 0. The van der Waals surface area contributed by atoms with Crippen LogP contribution in [0.2, 0.25) is 5.02 Å². The van der Waals surface area contributed by atoms with Gasteiger partial charge in [0.25, 0.3) is 0 Å². The van der Waals surface area contributed by atoms with E-state index in [1.807, 2.05) is 13.1 Å². The van der Waals surface area contributed by atoms with Gasteiger partial charge in [0.1, 0.15) is 5.56 Å². The van der Waals surface area contributed by atoms with Crippen molar-refractivity contribution in [2.75, 3.05) is 11.9 Å². The van der Waals surface area contributed by atoms with Crippen LogP contribution in [0, 0.1) is 0 Å². The van der Waals surface area contributed by atoms with Crippen LogP contribution in [0.15, 0.2) is 18.2 Å². The van der Waals surface area contributed by atoms with Crippen molar-refractivity contribution in [2.45, 2.75) is 31.7 Å². The number of carboxylic acids is 1. The molecule has 92 valence electrons. The molecule has 1 aliphatic carbocycles. The van der Waals surface area contributed by atoms with Gasteiger partial charge < -0.3 is 10.0 Å². The first-order chi connectivity index (χ1) is 8.11. The number of hydrogen-bond donors (Lipinski definition) is 1. The molecule has 0 unspecified atom stereocenters. The van der Waals surface area contributed by atoms with Crippen LogP contribution in [0.4, 0.5) is 5.69 Å². The summed E-state index contributed by atoms with van der Waals surface area (Å²) in [6, 6.07) is 5.69. The number of anilines is 1. The number of carboxylic acid groups (broad SMARTS) is 1. The number of nitrogens with zero attached hydrogens (tertiary/aromatic N) is 1. The van der Waals surface area contributed by atoms with Crippen molar-refractivity contribution < 1.29 is 9.90 Å². The van der Waals surface area contributed by atoms with E-state index in [1.165, 1.54) is 12.8 Å². The normalized spacial score (nSPS) is 16.1. The maximum atomic E-state index is 11.3. The van der Waals surface area contributed by atoms with E-state index in [0.29, 0.717) is 11.1 Å². The van der Waals surface area contributed by atoms with Crippen molar-refractivity contribution in [3.05, 3.63) is 28.8 Å². The number of halogens is 1. The second kappa shape index (κ2) is 4.96. The first-order valence-corrected chi connectivity index (χ1v) is 6.23. The zero-order valence-electron chi connectivity index (χ0n) is 9.82. The summed E-state index contributed by atoms with van der Waals surface area (Å²) in [5, 5.41) is 9.53. The standard InChI is InChI=1S/C13H16ClNO2/c1-15(9-5-2-3-6-9)11-8-4-7-10(14)12(11)13(16)17/h4,7-9H,2-3,5-6H2,1H3,(H,16,17). The van der Waals surface area contributed by atoms with Gasteiger partial charge in [0.2, 0.25) is 0 Å². The second-order valence-corrected chi connectivity index (χ2v) is 4.90. The van der Waals surface area contributed by atoms with Gasteiger partial charge >= 0.3 is 5.97 Å². The molecule has 0 bridgehead atoms. The number of aromatic carboxylic acids is 1. The fourth-order valence-corrected chi connectivity index (χ4v) is 2.76. The van der Waals surface area contributed by atoms with Gasteiger partial charge in [-0.3, -0.25) is 0 Å². The van der Waals surface area contributed by atoms with E-state index < -0.39 is 5.97 Å². The van der Waals surface area contributed by atoms with E-state index in [9.17, 15) is 9.90 Å². The summed E-state index contributed by atoms with van der Waals surface area (Å²) >= 11 is 5.97. The molecule has 0 amide bonds. The summed E-state index contributed by atoms with van der Waals surface area (Å²) in [6.45, 7) is 0.